The van der Waals surface area contributed by atoms with Crippen LogP contribution in [0.3, 0.4) is 0 Å². The Morgan fingerprint density at radius 2 is 2.16 bits per heavy atom. The molecule has 2 aromatic rings. The number of imidazole rings is 1. The SMILES string of the molecule is CCCn1cc(-c2nc(CC)n(C3CC3)c2N)cn1. The van der Waals surface area contributed by atoms with Crippen LogP contribution in [0.2, 0.25) is 0 Å². The van der Waals surface area contributed by atoms with Crippen molar-refractivity contribution in [3.05, 3.63) is 18.2 Å². The summed E-state index contributed by atoms with van der Waals surface area (Å²) in [6.07, 6.45) is 8.35. The van der Waals surface area contributed by atoms with Gasteiger partial charge in [0.25, 0.3) is 0 Å². The lowest BCUT2D eigenvalue weighted by molar-refractivity contribution is 0.603. The van der Waals surface area contributed by atoms with Gasteiger partial charge in [0.2, 0.25) is 0 Å². The molecule has 0 unspecified atom stereocenters. The summed E-state index contributed by atoms with van der Waals surface area (Å²) in [6, 6.07) is 0.571. The van der Waals surface area contributed by atoms with Gasteiger partial charge >= 0.3 is 0 Å². The van der Waals surface area contributed by atoms with Crippen molar-refractivity contribution in [2.75, 3.05) is 5.73 Å². The number of hydrogen-bond acceptors (Lipinski definition) is 3. The summed E-state index contributed by atoms with van der Waals surface area (Å²) in [4.78, 5) is 4.72. The Balaban J connectivity index is 1.99. The molecule has 0 atom stereocenters. The van der Waals surface area contributed by atoms with E-state index in [-0.39, 0.29) is 0 Å². The van der Waals surface area contributed by atoms with Crippen molar-refractivity contribution >= 4 is 5.82 Å². The Bertz CT molecular complexity index is 577. The second-order valence-electron chi connectivity index (χ2n) is 5.21. The number of aromatic nitrogens is 4. The molecule has 1 aliphatic rings. The molecule has 0 saturated heterocycles. The third-order valence-electron chi connectivity index (χ3n) is 3.61. The van der Waals surface area contributed by atoms with Crippen LogP contribution >= 0.6 is 0 Å². The quantitative estimate of drug-likeness (QED) is 0.897. The standard InChI is InChI=1S/C14H21N5/c1-3-7-18-9-10(8-16-18)13-14(15)19(11-5-6-11)12(4-2)17-13/h8-9,11H,3-7,15H2,1-2H3. The lowest BCUT2D eigenvalue weighted by Gasteiger charge is -2.05. The minimum absolute atomic E-state index is 0.571. The summed E-state index contributed by atoms with van der Waals surface area (Å²) in [5.41, 5.74) is 8.22. The molecular weight excluding hydrogens is 238 g/mol. The third kappa shape index (κ3) is 2.13. The fraction of sp³-hybridized carbons (Fsp3) is 0.571. The fourth-order valence-corrected chi connectivity index (χ4v) is 2.53. The summed E-state index contributed by atoms with van der Waals surface area (Å²) in [7, 11) is 0. The summed E-state index contributed by atoms with van der Waals surface area (Å²) < 4.78 is 4.17. The molecule has 102 valence electrons. The highest BCUT2D eigenvalue weighted by Crippen LogP contribution is 2.40. The molecular formula is C14H21N5. The molecule has 0 aromatic carbocycles. The van der Waals surface area contributed by atoms with Gasteiger partial charge in [0.15, 0.2) is 0 Å². The summed E-state index contributed by atoms with van der Waals surface area (Å²) >= 11 is 0. The van der Waals surface area contributed by atoms with Crippen LogP contribution in [-0.2, 0) is 13.0 Å². The van der Waals surface area contributed by atoms with Crippen LogP contribution in [0.5, 0.6) is 0 Å². The molecule has 0 spiro atoms. The summed E-state index contributed by atoms with van der Waals surface area (Å²) in [6.45, 7) is 5.21. The molecule has 0 radical (unpaired) electrons. The number of nitrogens with two attached hydrogens (primary N) is 1. The molecule has 1 aliphatic carbocycles. The van der Waals surface area contributed by atoms with Crippen molar-refractivity contribution in [1.29, 1.82) is 0 Å². The van der Waals surface area contributed by atoms with Gasteiger partial charge in [0.05, 0.1) is 6.20 Å². The molecule has 2 N–H and O–H groups in total. The lowest BCUT2D eigenvalue weighted by Crippen LogP contribution is -2.04. The third-order valence-corrected chi connectivity index (χ3v) is 3.61. The van der Waals surface area contributed by atoms with Gasteiger partial charge in [-0.1, -0.05) is 13.8 Å². The van der Waals surface area contributed by atoms with Crippen LogP contribution in [0.4, 0.5) is 5.82 Å². The smallest absolute Gasteiger partial charge is 0.132 e. The average molecular weight is 259 g/mol. The van der Waals surface area contributed by atoms with Crippen molar-refractivity contribution in [2.24, 2.45) is 0 Å². The highest BCUT2D eigenvalue weighted by Gasteiger charge is 2.29. The topological polar surface area (TPSA) is 61.7 Å². The number of anilines is 1. The van der Waals surface area contributed by atoms with Crippen molar-refractivity contribution in [2.45, 2.75) is 52.1 Å². The van der Waals surface area contributed by atoms with Gasteiger partial charge in [-0.25, -0.2) is 4.98 Å². The van der Waals surface area contributed by atoms with Crippen molar-refractivity contribution in [3.8, 4) is 11.3 Å². The largest absolute Gasteiger partial charge is 0.383 e. The number of nitrogen functional groups attached to an aromatic ring is 1. The van der Waals surface area contributed by atoms with E-state index in [1.807, 2.05) is 17.1 Å². The van der Waals surface area contributed by atoms with E-state index < -0.39 is 0 Å². The van der Waals surface area contributed by atoms with Crippen molar-refractivity contribution in [1.82, 2.24) is 19.3 Å². The van der Waals surface area contributed by atoms with Crippen LogP contribution in [0.1, 0.15) is 45.0 Å². The second kappa shape index (κ2) is 4.72. The normalized spacial score (nSPS) is 15.1. The zero-order valence-electron chi connectivity index (χ0n) is 11.6. The van der Waals surface area contributed by atoms with E-state index in [4.69, 9.17) is 10.7 Å². The second-order valence-corrected chi connectivity index (χ2v) is 5.21. The predicted octanol–water partition coefficient (Wildman–Crippen LogP) is 2.64. The van der Waals surface area contributed by atoms with Gasteiger partial charge in [0, 0.05) is 30.8 Å². The molecule has 5 nitrogen and oxygen atoms in total. The highest BCUT2D eigenvalue weighted by atomic mass is 15.3. The molecule has 2 heterocycles. The van der Waals surface area contributed by atoms with E-state index >= 15 is 0 Å². The minimum Gasteiger partial charge on any atom is -0.383 e. The highest BCUT2D eigenvalue weighted by molar-refractivity contribution is 5.70. The van der Waals surface area contributed by atoms with Gasteiger partial charge in [-0.15, -0.1) is 0 Å². The zero-order chi connectivity index (χ0) is 13.4. The number of aryl methyl sites for hydroxylation is 2. The first kappa shape index (κ1) is 12.3. The van der Waals surface area contributed by atoms with Crippen LogP contribution in [-0.4, -0.2) is 19.3 Å². The van der Waals surface area contributed by atoms with Crippen LogP contribution in [0, 0.1) is 0 Å². The van der Waals surface area contributed by atoms with Gasteiger partial charge in [0.1, 0.15) is 17.3 Å². The monoisotopic (exact) mass is 259 g/mol. The van der Waals surface area contributed by atoms with Crippen LogP contribution < -0.4 is 5.73 Å². The fourth-order valence-electron chi connectivity index (χ4n) is 2.53. The van der Waals surface area contributed by atoms with Crippen LogP contribution in [0.15, 0.2) is 12.4 Å². The summed E-state index contributed by atoms with van der Waals surface area (Å²) in [5, 5.41) is 4.36. The first-order valence-corrected chi connectivity index (χ1v) is 7.14. The zero-order valence-corrected chi connectivity index (χ0v) is 11.6. The number of nitrogens with zero attached hydrogens (tertiary/aromatic N) is 4. The minimum atomic E-state index is 0.571. The molecule has 1 saturated carbocycles. The Hall–Kier alpha value is -1.78. The Morgan fingerprint density at radius 3 is 2.79 bits per heavy atom. The summed E-state index contributed by atoms with van der Waals surface area (Å²) in [5.74, 6) is 1.90. The Labute approximate surface area is 113 Å². The van der Waals surface area contributed by atoms with Gasteiger partial charge in [-0.2, -0.15) is 5.10 Å². The predicted molar refractivity (Wildman–Crippen MR) is 75.8 cm³/mol. The maximum atomic E-state index is 6.30. The van der Waals surface area contributed by atoms with Crippen LogP contribution in [0.25, 0.3) is 11.3 Å². The molecule has 0 amide bonds. The van der Waals surface area contributed by atoms with E-state index in [0.29, 0.717) is 6.04 Å². The number of hydrogen-bond donors (Lipinski definition) is 1. The first-order valence-electron chi connectivity index (χ1n) is 7.14. The Kier molecular flexibility index (Phi) is 3.05. The van der Waals surface area contributed by atoms with E-state index in [1.54, 1.807) is 0 Å². The average Bonchev–Trinajstić information content (AvgIpc) is 3.04. The first-order chi connectivity index (χ1) is 9.24. The van der Waals surface area contributed by atoms with Gasteiger partial charge < -0.3 is 10.3 Å². The molecule has 19 heavy (non-hydrogen) atoms. The van der Waals surface area contributed by atoms with Gasteiger partial charge in [-0.05, 0) is 19.3 Å². The van der Waals surface area contributed by atoms with Crippen molar-refractivity contribution < 1.29 is 0 Å². The maximum absolute atomic E-state index is 6.30. The Morgan fingerprint density at radius 1 is 1.37 bits per heavy atom. The van der Waals surface area contributed by atoms with E-state index in [2.05, 4.69) is 23.5 Å². The van der Waals surface area contributed by atoms with Gasteiger partial charge in [-0.3, -0.25) is 4.68 Å². The number of rotatable bonds is 5. The molecule has 5 heteroatoms. The van der Waals surface area contributed by atoms with E-state index in [9.17, 15) is 0 Å². The molecule has 3 rings (SSSR count). The van der Waals surface area contributed by atoms with E-state index in [0.717, 1.165) is 42.3 Å². The maximum Gasteiger partial charge on any atom is 0.132 e. The van der Waals surface area contributed by atoms with E-state index in [1.165, 1.54) is 12.8 Å². The molecule has 0 bridgehead atoms. The lowest BCUT2D eigenvalue weighted by atomic mass is 10.2. The van der Waals surface area contributed by atoms with Crippen molar-refractivity contribution in [3.63, 3.8) is 0 Å². The molecule has 1 fully saturated rings. The molecule has 0 aliphatic heterocycles. The molecule has 2 aromatic heterocycles.